The predicted octanol–water partition coefficient (Wildman–Crippen LogP) is 2.07. The molecule has 3 N–H and O–H groups in total. The number of carbonyl (C=O) groups is 1. The molecule has 0 saturated carbocycles. The van der Waals surface area contributed by atoms with Gasteiger partial charge >= 0.3 is 0 Å². The molecule has 1 amide bonds. The maximum absolute atomic E-state index is 11.2. The lowest BCUT2D eigenvalue weighted by atomic mass is 10.2. The van der Waals surface area contributed by atoms with Crippen LogP contribution in [0.4, 0.5) is 17.1 Å². The summed E-state index contributed by atoms with van der Waals surface area (Å²) in [6, 6.07) is 5.68. The number of hydrogen-bond donors (Lipinski definition) is 2. The van der Waals surface area contributed by atoms with E-state index in [-0.39, 0.29) is 5.91 Å². The summed E-state index contributed by atoms with van der Waals surface area (Å²) >= 11 is 0. The highest BCUT2D eigenvalue weighted by molar-refractivity contribution is 5.93. The van der Waals surface area contributed by atoms with Crippen molar-refractivity contribution < 1.29 is 4.79 Å². The molecule has 1 heterocycles. The topological polar surface area (TPSA) is 58.4 Å². The van der Waals surface area contributed by atoms with Crippen LogP contribution in [-0.4, -0.2) is 19.0 Å². The van der Waals surface area contributed by atoms with Gasteiger partial charge in [-0.05, 0) is 30.5 Å². The Morgan fingerprint density at radius 2 is 2.29 bits per heavy atom. The van der Waals surface area contributed by atoms with Gasteiger partial charge in [-0.1, -0.05) is 6.92 Å². The van der Waals surface area contributed by atoms with Crippen molar-refractivity contribution >= 4 is 23.0 Å². The number of carbonyl (C=O) groups excluding carboxylic acids is 1. The highest BCUT2D eigenvalue weighted by Gasteiger charge is 2.21. The van der Waals surface area contributed by atoms with Crippen LogP contribution >= 0.6 is 0 Å². The molecule has 4 heteroatoms. The number of rotatable bonds is 2. The van der Waals surface area contributed by atoms with Crippen molar-refractivity contribution in [3.05, 3.63) is 18.2 Å². The minimum Gasteiger partial charge on any atom is -0.399 e. The van der Waals surface area contributed by atoms with Crippen molar-refractivity contribution in [2.45, 2.75) is 20.3 Å². The highest BCUT2D eigenvalue weighted by Crippen LogP contribution is 2.32. The molecule has 0 unspecified atom stereocenters. The van der Waals surface area contributed by atoms with Crippen molar-refractivity contribution in [3.8, 4) is 0 Å². The summed E-state index contributed by atoms with van der Waals surface area (Å²) in [4.78, 5) is 13.5. The molecular formula is C13H19N3O. The first-order valence-corrected chi connectivity index (χ1v) is 5.98. The first-order valence-electron chi connectivity index (χ1n) is 5.98. The molecule has 1 saturated heterocycles. The van der Waals surface area contributed by atoms with E-state index >= 15 is 0 Å². The first kappa shape index (κ1) is 11.8. The fourth-order valence-electron chi connectivity index (χ4n) is 2.27. The fourth-order valence-corrected chi connectivity index (χ4v) is 2.27. The monoisotopic (exact) mass is 233 g/mol. The molecule has 1 aromatic rings. The lowest BCUT2D eigenvalue weighted by Gasteiger charge is -2.22. The second-order valence-electron chi connectivity index (χ2n) is 4.80. The number of nitrogens with two attached hydrogens (primary N) is 1. The molecule has 1 fully saturated rings. The molecule has 4 nitrogen and oxygen atoms in total. The minimum atomic E-state index is -0.0657. The standard InChI is InChI=1S/C13H19N3O/c1-9-5-6-16(8-9)13-4-3-11(14)7-12(13)15-10(2)17/h3-4,7,9H,5-6,8,14H2,1-2H3,(H,15,17)/t9-/m1/s1. The number of hydrogen-bond acceptors (Lipinski definition) is 3. The number of nitrogens with one attached hydrogen (secondary N) is 1. The summed E-state index contributed by atoms with van der Waals surface area (Å²) in [5.41, 5.74) is 8.31. The summed E-state index contributed by atoms with van der Waals surface area (Å²) < 4.78 is 0. The van der Waals surface area contributed by atoms with Crippen molar-refractivity contribution in [1.29, 1.82) is 0 Å². The maximum Gasteiger partial charge on any atom is 0.221 e. The van der Waals surface area contributed by atoms with E-state index in [1.165, 1.54) is 13.3 Å². The van der Waals surface area contributed by atoms with Gasteiger partial charge in [0.05, 0.1) is 11.4 Å². The van der Waals surface area contributed by atoms with Crippen LogP contribution in [0.3, 0.4) is 0 Å². The summed E-state index contributed by atoms with van der Waals surface area (Å²) in [6.07, 6.45) is 1.20. The van der Waals surface area contributed by atoms with Gasteiger partial charge in [0.15, 0.2) is 0 Å². The van der Waals surface area contributed by atoms with Gasteiger partial charge in [0.25, 0.3) is 0 Å². The largest absolute Gasteiger partial charge is 0.399 e. The number of amides is 1. The Morgan fingerprint density at radius 1 is 1.53 bits per heavy atom. The number of benzene rings is 1. The number of anilines is 3. The smallest absolute Gasteiger partial charge is 0.221 e. The van der Waals surface area contributed by atoms with Crippen molar-refractivity contribution in [3.63, 3.8) is 0 Å². The van der Waals surface area contributed by atoms with Gasteiger partial charge in [-0.25, -0.2) is 0 Å². The third-order valence-electron chi connectivity index (χ3n) is 3.10. The Bertz CT molecular complexity index is 431. The third-order valence-corrected chi connectivity index (χ3v) is 3.10. The quantitative estimate of drug-likeness (QED) is 0.769. The Kier molecular flexibility index (Phi) is 3.22. The molecular weight excluding hydrogens is 214 g/mol. The zero-order chi connectivity index (χ0) is 12.4. The van der Waals surface area contributed by atoms with E-state index in [4.69, 9.17) is 5.73 Å². The zero-order valence-electron chi connectivity index (χ0n) is 10.4. The Balaban J connectivity index is 2.28. The molecule has 0 radical (unpaired) electrons. The van der Waals surface area contributed by atoms with E-state index in [9.17, 15) is 4.79 Å². The van der Waals surface area contributed by atoms with Gasteiger partial charge in [0, 0.05) is 25.7 Å². The Labute approximate surface area is 102 Å². The van der Waals surface area contributed by atoms with Gasteiger partial charge in [0.1, 0.15) is 0 Å². The summed E-state index contributed by atoms with van der Waals surface area (Å²) in [7, 11) is 0. The average Bonchev–Trinajstić information content (AvgIpc) is 2.64. The summed E-state index contributed by atoms with van der Waals surface area (Å²) in [5, 5.41) is 2.85. The summed E-state index contributed by atoms with van der Waals surface area (Å²) in [6.45, 7) is 5.84. The molecule has 1 atom stereocenters. The van der Waals surface area contributed by atoms with E-state index in [0.717, 1.165) is 24.5 Å². The van der Waals surface area contributed by atoms with E-state index < -0.39 is 0 Å². The molecule has 0 bridgehead atoms. The maximum atomic E-state index is 11.2. The van der Waals surface area contributed by atoms with Crippen molar-refractivity contribution in [2.24, 2.45) is 5.92 Å². The number of nitrogen functional groups attached to an aromatic ring is 1. The predicted molar refractivity (Wildman–Crippen MR) is 71.2 cm³/mol. The van der Waals surface area contributed by atoms with Crippen LogP contribution in [0.2, 0.25) is 0 Å². The molecule has 0 aliphatic carbocycles. The molecule has 1 aromatic carbocycles. The van der Waals surface area contributed by atoms with Crippen LogP contribution in [0, 0.1) is 5.92 Å². The van der Waals surface area contributed by atoms with Gasteiger partial charge in [-0.2, -0.15) is 0 Å². The normalized spacial score (nSPS) is 19.4. The average molecular weight is 233 g/mol. The van der Waals surface area contributed by atoms with E-state index in [0.29, 0.717) is 11.6 Å². The lowest BCUT2D eigenvalue weighted by molar-refractivity contribution is -0.114. The number of nitrogens with zero attached hydrogens (tertiary/aromatic N) is 1. The zero-order valence-corrected chi connectivity index (χ0v) is 10.4. The fraction of sp³-hybridized carbons (Fsp3) is 0.462. The molecule has 0 aromatic heterocycles. The van der Waals surface area contributed by atoms with Crippen LogP contribution in [0.1, 0.15) is 20.3 Å². The van der Waals surface area contributed by atoms with Gasteiger partial charge in [0.2, 0.25) is 5.91 Å². The van der Waals surface area contributed by atoms with Crippen LogP contribution in [0.15, 0.2) is 18.2 Å². The molecule has 0 spiro atoms. The van der Waals surface area contributed by atoms with Crippen LogP contribution < -0.4 is 16.0 Å². The molecule has 92 valence electrons. The van der Waals surface area contributed by atoms with Gasteiger partial charge in [-0.3, -0.25) is 4.79 Å². The van der Waals surface area contributed by atoms with Crippen LogP contribution in [0.5, 0.6) is 0 Å². The highest BCUT2D eigenvalue weighted by atomic mass is 16.1. The van der Waals surface area contributed by atoms with Gasteiger partial charge < -0.3 is 16.0 Å². The van der Waals surface area contributed by atoms with Crippen LogP contribution in [-0.2, 0) is 4.79 Å². The van der Waals surface area contributed by atoms with Crippen LogP contribution in [0.25, 0.3) is 0 Å². The van der Waals surface area contributed by atoms with E-state index in [1.807, 2.05) is 18.2 Å². The molecule has 1 aliphatic heterocycles. The Hall–Kier alpha value is -1.71. The van der Waals surface area contributed by atoms with Gasteiger partial charge in [-0.15, -0.1) is 0 Å². The molecule has 1 aliphatic rings. The minimum absolute atomic E-state index is 0.0657. The van der Waals surface area contributed by atoms with E-state index in [1.54, 1.807) is 0 Å². The first-order chi connectivity index (χ1) is 8.06. The third kappa shape index (κ3) is 2.70. The SMILES string of the molecule is CC(=O)Nc1cc(N)ccc1N1CC[C@@H](C)C1. The molecule has 17 heavy (non-hydrogen) atoms. The lowest BCUT2D eigenvalue weighted by Crippen LogP contribution is -2.21. The Morgan fingerprint density at radius 3 is 2.88 bits per heavy atom. The van der Waals surface area contributed by atoms with Crippen molar-refractivity contribution in [2.75, 3.05) is 29.0 Å². The second-order valence-corrected chi connectivity index (χ2v) is 4.80. The van der Waals surface area contributed by atoms with E-state index in [2.05, 4.69) is 17.1 Å². The molecule has 2 rings (SSSR count). The second kappa shape index (κ2) is 4.65. The summed E-state index contributed by atoms with van der Waals surface area (Å²) in [5.74, 6) is 0.641. The van der Waals surface area contributed by atoms with Crippen molar-refractivity contribution in [1.82, 2.24) is 0 Å².